The van der Waals surface area contributed by atoms with Crippen molar-refractivity contribution in [3.05, 3.63) is 147 Å². The molecule has 2 aliphatic heterocycles. The maximum absolute atomic E-state index is 14.2. The summed E-state index contributed by atoms with van der Waals surface area (Å²) in [4.78, 5) is 42.4. The Morgan fingerprint density at radius 2 is 1.22 bits per heavy atom. The molecule has 6 aromatic rings. The SMILES string of the molecule is COc1cc2c(cc1OC)C1C(c3ccc(OC(=O)CCc4ccccc4)c(OC)c3)c3c(c(=O)oc4cc(OC(=O)CCc5ccccc5)c(OC)cc34)N1CC2. The lowest BCUT2D eigenvalue weighted by molar-refractivity contribution is -0.135. The van der Waals surface area contributed by atoms with Crippen LogP contribution in [0.4, 0.5) is 5.69 Å². The molecule has 0 N–H and O–H groups in total. The van der Waals surface area contributed by atoms with E-state index in [4.69, 9.17) is 32.8 Å². The Labute approximate surface area is 335 Å². The van der Waals surface area contributed by atoms with Crippen molar-refractivity contribution < 1.29 is 42.4 Å². The summed E-state index contributed by atoms with van der Waals surface area (Å²) >= 11 is 0. The highest BCUT2D eigenvalue weighted by Gasteiger charge is 2.47. The molecule has 0 saturated heterocycles. The fraction of sp³-hybridized carbons (Fsp3) is 0.255. The van der Waals surface area contributed by atoms with Crippen molar-refractivity contribution >= 4 is 28.6 Å². The minimum absolute atomic E-state index is 0.144. The van der Waals surface area contributed by atoms with E-state index in [0.29, 0.717) is 65.4 Å². The molecule has 2 atom stereocenters. The maximum Gasteiger partial charge on any atom is 0.360 e. The number of aryl methyl sites for hydroxylation is 2. The molecule has 0 spiro atoms. The lowest BCUT2D eigenvalue weighted by Gasteiger charge is -2.36. The van der Waals surface area contributed by atoms with Gasteiger partial charge in [0, 0.05) is 42.3 Å². The van der Waals surface area contributed by atoms with Crippen molar-refractivity contribution in [3.8, 4) is 34.5 Å². The van der Waals surface area contributed by atoms with Crippen molar-refractivity contribution in [1.82, 2.24) is 0 Å². The van der Waals surface area contributed by atoms with Crippen LogP contribution in [0.1, 0.15) is 58.2 Å². The highest BCUT2D eigenvalue weighted by molar-refractivity contribution is 5.92. The molecule has 3 heterocycles. The number of fused-ring (bicyclic) bond motifs is 7. The van der Waals surface area contributed by atoms with Gasteiger partial charge in [-0.25, -0.2) is 4.79 Å². The molecule has 0 aliphatic carbocycles. The molecule has 58 heavy (non-hydrogen) atoms. The monoisotopic (exact) mass is 781 g/mol. The zero-order valence-electron chi connectivity index (χ0n) is 32.7. The van der Waals surface area contributed by atoms with E-state index in [1.807, 2.05) is 84.9 Å². The average Bonchev–Trinajstić information content (AvgIpc) is 3.61. The predicted molar refractivity (Wildman–Crippen MR) is 218 cm³/mol. The van der Waals surface area contributed by atoms with Gasteiger partial charge in [-0.15, -0.1) is 0 Å². The van der Waals surface area contributed by atoms with Crippen molar-refractivity contribution in [2.24, 2.45) is 0 Å². The number of esters is 2. The van der Waals surface area contributed by atoms with E-state index >= 15 is 0 Å². The number of methoxy groups -OCH3 is 4. The number of anilines is 1. The molecule has 2 unspecified atom stereocenters. The molecule has 1 aromatic heterocycles. The predicted octanol–water partition coefficient (Wildman–Crippen LogP) is 8.15. The molecule has 0 fully saturated rings. The van der Waals surface area contributed by atoms with Crippen molar-refractivity contribution in [1.29, 1.82) is 0 Å². The summed E-state index contributed by atoms with van der Waals surface area (Å²) in [5.41, 5.74) is 5.73. The first-order valence-electron chi connectivity index (χ1n) is 19.2. The number of hydrogen-bond acceptors (Lipinski definition) is 11. The molecule has 0 saturated carbocycles. The van der Waals surface area contributed by atoms with Crippen LogP contribution in [0.5, 0.6) is 34.5 Å². The molecular weight excluding hydrogens is 739 g/mol. The summed E-state index contributed by atoms with van der Waals surface area (Å²) in [5.74, 6) is 0.979. The lowest BCUT2D eigenvalue weighted by Crippen LogP contribution is -2.36. The van der Waals surface area contributed by atoms with E-state index in [2.05, 4.69) is 4.90 Å². The second kappa shape index (κ2) is 16.4. The second-order valence-corrected chi connectivity index (χ2v) is 14.3. The first-order chi connectivity index (χ1) is 28.3. The van der Waals surface area contributed by atoms with Crippen molar-refractivity contribution in [2.45, 2.75) is 44.1 Å². The number of carbonyl (C=O) groups is 2. The summed E-state index contributed by atoms with van der Waals surface area (Å²) in [6, 6.07) is 31.8. The van der Waals surface area contributed by atoms with Crippen molar-refractivity contribution in [3.63, 3.8) is 0 Å². The van der Waals surface area contributed by atoms with Gasteiger partial charge >= 0.3 is 17.6 Å². The van der Waals surface area contributed by atoms with Crippen LogP contribution in [0.3, 0.4) is 0 Å². The first kappa shape index (κ1) is 38.1. The Hall–Kier alpha value is -6.75. The second-order valence-electron chi connectivity index (χ2n) is 14.3. The fourth-order valence-corrected chi connectivity index (χ4v) is 8.23. The van der Waals surface area contributed by atoms with Gasteiger partial charge in [0.05, 0.1) is 34.5 Å². The molecule has 5 aromatic carbocycles. The van der Waals surface area contributed by atoms with E-state index in [0.717, 1.165) is 27.8 Å². The van der Waals surface area contributed by atoms with E-state index < -0.39 is 17.5 Å². The molecule has 11 nitrogen and oxygen atoms in total. The van der Waals surface area contributed by atoms with Crippen LogP contribution < -0.4 is 38.9 Å². The molecule has 2 aliphatic rings. The van der Waals surface area contributed by atoms with Gasteiger partial charge in [-0.2, -0.15) is 0 Å². The summed E-state index contributed by atoms with van der Waals surface area (Å²) in [6.45, 7) is 0.523. The van der Waals surface area contributed by atoms with Gasteiger partial charge in [0.25, 0.3) is 0 Å². The smallest absolute Gasteiger partial charge is 0.360 e. The third kappa shape index (κ3) is 7.31. The Balaban J connectivity index is 1.21. The van der Waals surface area contributed by atoms with Crippen LogP contribution >= 0.6 is 0 Å². The van der Waals surface area contributed by atoms with Crippen molar-refractivity contribution in [2.75, 3.05) is 39.9 Å². The van der Waals surface area contributed by atoms with Gasteiger partial charge in [0.2, 0.25) is 0 Å². The van der Waals surface area contributed by atoms with E-state index in [1.54, 1.807) is 32.4 Å². The molecule has 0 amide bonds. The lowest BCUT2D eigenvalue weighted by atomic mass is 9.80. The topological polar surface area (TPSA) is 123 Å². The third-order valence-electron chi connectivity index (χ3n) is 11.0. The summed E-state index contributed by atoms with van der Waals surface area (Å²) in [7, 11) is 6.23. The number of ether oxygens (including phenoxy) is 6. The van der Waals surface area contributed by atoms with E-state index in [9.17, 15) is 14.4 Å². The molecule has 296 valence electrons. The van der Waals surface area contributed by atoms with Gasteiger partial charge in [-0.1, -0.05) is 66.7 Å². The van der Waals surface area contributed by atoms with Crippen LogP contribution in [0.15, 0.2) is 112 Å². The minimum atomic E-state index is -0.527. The first-order valence-corrected chi connectivity index (χ1v) is 19.2. The number of benzene rings is 5. The number of hydrogen-bond donors (Lipinski definition) is 0. The molecule has 8 rings (SSSR count). The molecular formula is C47H43NO10. The quantitative estimate of drug-likeness (QED) is 0.0641. The molecule has 11 heteroatoms. The standard InChI is InChI=1S/C47H43NO10/c1-52-36-24-31(17-18-34(36)56-41(49)19-15-28-11-7-5-8-12-28)43-44-33-26-39(55-4)40(57-42(50)20-16-29-13-9-6-10-14-29)27-35(33)58-47(51)46(44)48-22-21-30-23-37(53-2)38(54-3)25-32(30)45(43)48/h5-14,17-18,23-27,43,45H,15-16,19-22H2,1-4H3. The summed E-state index contributed by atoms with van der Waals surface area (Å²) in [6.07, 6.45) is 2.02. The summed E-state index contributed by atoms with van der Waals surface area (Å²) in [5, 5.41) is 0.618. The van der Waals surface area contributed by atoms with Crippen LogP contribution in [0.25, 0.3) is 11.0 Å². The van der Waals surface area contributed by atoms with Gasteiger partial charge in [-0.3, -0.25) is 9.59 Å². The number of nitrogens with zero attached hydrogens (tertiary/aromatic N) is 1. The largest absolute Gasteiger partial charge is 0.493 e. The maximum atomic E-state index is 14.2. The zero-order chi connectivity index (χ0) is 40.3. The Kier molecular flexibility index (Phi) is 10.8. The Morgan fingerprint density at radius 1 is 0.655 bits per heavy atom. The fourth-order valence-electron chi connectivity index (χ4n) is 8.23. The zero-order valence-corrected chi connectivity index (χ0v) is 32.7. The van der Waals surface area contributed by atoms with Gasteiger partial charge in [-0.05, 0) is 77.4 Å². The minimum Gasteiger partial charge on any atom is -0.493 e. The summed E-state index contributed by atoms with van der Waals surface area (Å²) < 4.78 is 40.8. The highest BCUT2D eigenvalue weighted by Crippen LogP contribution is 2.57. The number of rotatable bonds is 13. The Bertz CT molecular complexity index is 2550. The number of carbonyl (C=O) groups excluding carboxylic acids is 2. The Morgan fingerprint density at radius 3 is 1.84 bits per heavy atom. The van der Waals surface area contributed by atoms with Crippen LogP contribution in [0.2, 0.25) is 0 Å². The highest BCUT2D eigenvalue weighted by atomic mass is 16.6. The van der Waals surface area contributed by atoms with Gasteiger partial charge < -0.3 is 37.7 Å². The molecule has 0 radical (unpaired) electrons. The normalized spacial score (nSPS) is 15.2. The van der Waals surface area contributed by atoms with Crippen LogP contribution in [-0.2, 0) is 28.9 Å². The third-order valence-corrected chi connectivity index (χ3v) is 11.0. The average molecular weight is 782 g/mol. The van der Waals surface area contributed by atoms with Crippen LogP contribution in [0, 0.1) is 0 Å². The van der Waals surface area contributed by atoms with E-state index in [1.165, 1.54) is 14.2 Å². The van der Waals surface area contributed by atoms with Gasteiger partial charge in [0.15, 0.2) is 34.5 Å². The van der Waals surface area contributed by atoms with Gasteiger partial charge in [0.1, 0.15) is 11.3 Å². The molecule has 0 bridgehead atoms. The van der Waals surface area contributed by atoms with E-state index in [-0.39, 0.29) is 41.9 Å². The van der Waals surface area contributed by atoms with Crippen LogP contribution in [-0.4, -0.2) is 46.9 Å².